The Hall–Kier alpha value is -1.46. The fourth-order valence-electron chi connectivity index (χ4n) is 2.48. The van der Waals surface area contributed by atoms with E-state index in [1.807, 2.05) is 12.1 Å². The van der Waals surface area contributed by atoms with Crippen LogP contribution in [0.1, 0.15) is 41.7 Å². The van der Waals surface area contributed by atoms with Crippen LogP contribution in [0.15, 0.2) is 46.9 Å². The second-order valence-corrected chi connectivity index (χ2v) is 5.92. The molecule has 21 heavy (non-hydrogen) atoms. The number of fused-ring (bicyclic) bond motifs is 1. The highest BCUT2D eigenvalue weighted by Gasteiger charge is 2.28. The van der Waals surface area contributed by atoms with E-state index in [1.54, 1.807) is 18.2 Å². The van der Waals surface area contributed by atoms with Crippen molar-refractivity contribution in [3.63, 3.8) is 0 Å². The van der Waals surface area contributed by atoms with Gasteiger partial charge < -0.3 is 9.84 Å². The SMILES string of the molecule is OC1CC(c2ccc(C(F)F)cc2)Oc2ccc(Br)cc21. The molecule has 0 aromatic heterocycles. The Kier molecular flexibility index (Phi) is 3.95. The smallest absolute Gasteiger partial charge is 0.263 e. The summed E-state index contributed by atoms with van der Waals surface area (Å²) < 4.78 is 31.9. The molecule has 5 heteroatoms. The van der Waals surface area contributed by atoms with Crippen LogP contribution in [0.4, 0.5) is 8.78 Å². The fourth-order valence-corrected chi connectivity index (χ4v) is 2.86. The fraction of sp³-hybridized carbons (Fsp3) is 0.250. The first-order valence-corrected chi connectivity index (χ1v) is 7.36. The highest BCUT2D eigenvalue weighted by molar-refractivity contribution is 9.10. The predicted octanol–water partition coefficient (Wildman–Crippen LogP) is 4.94. The molecule has 0 fully saturated rings. The zero-order valence-electron chi connectivity index (χ0n) is 11.0. The minimum Gasteiger partial charge on any atom is -0.485 e. The van der Waals surface area contributed by atoms with E-state index in [4.69, 9.17) is 4.74 Å². The van der Waals surface area contributed by atoms with Crippen molar-refractivity contribution < 1.29 is 18.6 Å². The number of hydrogen-bond acceptors (Lipinski definition) is 2. The van der Waals surface area contributed by atoms with E-state index in [1.165, 1.54) is 12.1 Å². The molecular formula is C16H13BrF2O2. The molecule has 0 saturated carbocycles. The number of ether oxygens (including phenoxy) is 1. The molecule has 0 radical (unpaired) electrons. The Morgan fingerprint density at radius 3 is 2.52 bits per heavy atom. The van der Waals surface area contributed by atoms with Crippen LogP contribution in [-0.4, -0.2) is 5.11 Å². The molecule has 0 spiro atoms. The number of hydrogen-bond donors (Lipinski definition) is 1. The van der Waals surface area contributed by atoms with Gasteiger partial charge in [0.1, 0.15) is 11.9 Å². The average molecular weight is 355 g/mol. The standard InChI is InChI=1S/C16H13BrF2O2/c17-11-5-6-14-12(7-11)13(20)8-15(21-14)9-1-3-10(4-2-9)16(18)19/h1-7,13,15-16,20H,8H2. The summed E-state index contributed by atoms with van der Waals surface area (Å²) >= 11 is 3.36. The van der Waals surface area contributed by atoms with Crippen molar-refractivity contribution in [3.8, 4) is 5.75 Å². The van der Waals surface area contributed by atoms with E-state index in [-0.39, 0.29) is 11.7 Å². The highest BCUT2D eigenvalue weighted by Crippen LogP contribution is 2.41. The van der Waals surface area contributed by atoms with E-state index < -0.39 is 12.5 Å². The Morgan fingerprint density at radius 2 is 1.86 bits per heavy atom. The van der Waals surface area contributed by atoms with E-state index in [0.29, 0.717) is 12.2 Å². The Labute approximate surface area is 129 Å². The molecule has 2 atom stereocenters. The summed E-state index contributed by atoms with van der Waals surface area (Å²) in [5.74, 6) is 0.625. The first-order valence-electron chi connectivity index (χ1n) is 6.57. The Morgan fingerprint density at radius 1 is 1.14 bits per heavy atom. The van der Waals surface area contributed by atoms with Crippen molar-refractivity contribution in [1.82, 2.24) is 0 Å². The predicted molar refractivity (Wildman–Crippen MR) is 78.5 cm³/mol. The van der Waals surface area contributed by atoms with Crippen LogP contribution in [0.3, 0.4) is 0 Å². The first kappa shape index (κ1) is 14.5. The van der Waals surface area contributed by atoms with Crippen LogP contribution in [0.25, 0.3) is 0 Å². The van der Waals surface area contributed by atoms with Gasteiger partial charge in [-0.05, 0) is 23.8 Å². The Bertz CT molecular complexity index is 643. The van der Waals surface area contributed by atoms with E-state index in [2.05, 4.69) is 15.9 Å². The van der Waals surface area contributed by atoms with E-state index >= 15 is 0 Å². The molecule has 1 N–H and O–H groups in total. The summed E-state index contributed by atoms with van der Waals surface area (Å²) in [5, 5.41) is 10.2. The minimum atomic E-state index is -2.48. The molecule has 110 valence electrons. The van der Waals surface area contributed by atoms with Crippen molar-refractivity contribution in [1.29, 1.82) is 0 Å². The molecule has 0 bridgehead atoms. The number of aliphatic hydroxyl groups is 1. The highest BCUT2D eigenvalue weighted by atomic mass is 79.9. The van der Waals surface area contributed by atoms with Crippen LogP contribution >= 0.6 is 15.9 Å². The summed E-state index contributed by atoms with van der Waals surface area (Å²) in [7, 11) is 0. The maximum atomic E-state index is 12.6. The maximum Gasteiger partial charge on any atom is 0.263 e. The molecule has 2 nitrogen and oxygen atoms in total. The number of rotatable bonds is 2. The molecule has 0 aliphatic carbocycles. The molecule has 1 aliphatic heterocycles. The lowest BCUT2D eigenvalue weighted by Crippen LogP contribution is -2.19. The van der Waals surface area contributed by atoms with Gasteiger partial charge in [-0.15, -0.1) is 0 Å². The molecule has 0 saturated heterocycles. The molecule has 3 rings (SSSR count). The van der Waals surface area contributed by atoms with Gasteiger partial charge in [0.05, 0.1) is 6.10 Å². The third-order valence-electron chi connectivity index (χ3n) is 3.60. The average Bonchev–Trinajstić information content (AvgIpc) is 2.48. The molecule has 0 amide bonds. The van der Waals surface area contributed by atoms with Gasteiger partial charge in [0.2, 0.25) is 0 Å². The number of alkyl halides is 2. The van der Waals surface area contributed by atoms with Gasteiger partial charge in [0.15, 0.2) is 0 Å². The van der Waals surface area contributed by atoms with Gasteiger partial charge in [-0.2, -0.15) is 0 Å². The normalized spacial score (nSPS) is 21.0. The van der Waals surface area contributed by atoms with Gasteiger partial charge in [-0.1, -0.05) is 40.2 Å². The quantitative estimate of drug-likeness (QED) is 0.827. The van der Waals surface area contributed by atoms with Crippen molar-refractivity contribution in [2.75, 3.05) is 0 Å². The molecular weight excluding hydrogens is 342 g/mol. The third kappa shape index (κ3) is 2.94. The van der Waals surface area contributed by atoms with Gasteiger partial charge >= 0.3 is 0 Å². The number of benzene rings is 2. The van der Waals surface area contributed by atoms with Crippen molar-refractivity contribution in [3.05, 3.63) is 63.6 Å². The largest absolute Gasteiger partial charge is 0.485 e. The van der Waals surface area contributed by atoms with Gasteiger partial charge in [-0.25, -0.2) is 8.78 Å². The van der Waals surface area contributed by atoms with Crippen molar-refractivity contribution in [2.45, 2.75) is 25.1 Å². The van der Waals surface area contributed by atoms with Gasteiger partial charge in [0, 0.05) is 22.0 Å². The van der Waals surface area contributed by atoms with Crippen LogP contribution in [-0.2, 0) is 0 Å². The van der Waals surface area contributed by atoms with Gasteiger partial charge in [-0.3, -0.25) is 0 Å². The molecule has 2 aromatic rings. The zero-order valence-corrected chi connectivity index (χ0v) is 12.6. The summed E-state index contributed by atoms with van der Waals surface area (Å²) in [6.45, 7) is 0. The lowest BCUT2D eigenvalue weighted by molar-refractivity contribution is 0.0656. The number of aliphatic hydroxyl groups excluding tert-OH is 1. The third-order valence-corrected chi connectivity index (χ3v) is 4.09. The van der Waals surface area contributed by atoms with E-state index in [9.17, 15) is 13.9 Å². The monoisotopic (exact) mass is 354 g/mol. The summed E-state index contributed by atoms with van der Waals surface area (Å²) in [5.41, 5.74) is 1.51. The second kappa shape index (κ2) is 5.73. The lowest BCUT2D eigenvalue weighted by Gasteiger charge is -2.30. The molecule has 2 aromatic carbocycles. The molecule has 1 aliphatic rings. The topological polar surface area (TPSA) is 29.5 Å². The summed E-state index contributed by atoms with van der Waals surface area (Å²) in [6.07, 6.45) is -3.04. The second-order valence-electron chi connectivity index (χ2n) is 5.01. The first-order chi connectivity index (χ1) is 10.0. The lowest BCUT2D eigenvalue weighted by atomic mass is 9.94. The van der Waals surface area contributed by atoms with Crippen molar-refractivity contribution in [2.24, 2.45) is 0 Å². The molecule has 1 heterocycles. The maximum absolute atomic E-state index is 12.6. The van der Waals surface area contributed by atoms with Crippen LogP contribution in [0.5, 0.6) is 5.75 Å². The Balaban J connectivity index is 1.86. The summed E-state index contributed by atoms with van der Waals surface area (Å²) in [6, 6.07) is 11.5. The van der Waals surface area contributed by atoms with Crippen molar-refractivity contribution >= 4 is 15.9 Å². The summed E-state index contributed by atoms with van der Waals surface area (Å²) in [4.78, 5) is 0. The van der Waals surface area contributed by atoms with Crippen LogP contribution in [0.2, 0.25) is 0 Å². The van der Waals surface area contributed by atoms with Gasteiger partial charge in [0.25, 0.3) is 6.43 Å². The van der Waals surface area contributed by atoms with Crippen LogP contribution in [0, 0.1) is 0 Å². The van der Waals surface area contributed by atoms with Crippen LogP contribution < -0.4 is 4.74 Å². The molecule has 2 unspecified atom stereocenters. The minimum absolute atomic E-state index is 0.0144. The zero-order chi connectivity index (χ0) is 15.0. The number of halogens is 3. The van der Waals surface area contributed by atoms with E-state index in [0.717, 1.165) is 15.6 Å².